The lowest BCUT2D eigenvalue weighted by molar-refractivity contribution is -0.123. The van der Waals surface area contributed by atoms with Gasteiger partial charge in [-0.3, -0.25) is 19.4 Å². The predicted octanol–water partition coefficient (Wildman–Crippen LogP) is 3.11. The van der Waals surface area contributed by atoms with E-state index in [4.69, 9.17) is 15.6 Å². The van der Waals surface area contributed by atoms with E-state index in [0.717, 1.165) is 59.3 Å². The standard InChI is InChI=1S/C23H22N4O2.CH2O2/c24-23(29)18-11-17-16(14-5-3-7-19-15(14)6-4-8-25-19)12-22(28)26-20(17)13-21(18)27-9-1-2-10-27;2-1-3/h3-8,11,13,16H,1-2,9-10,12H2,(H2,24,29)(H,26,28);1H,(H,2,3). The van der Waals surface area contributed by atoms with Crippen molar-refractivity contribution in [3.05, 3.63) is 65.4 Å². The molecule has 0 spiro atoms. The van der Waals surface area contributed by atoms with Crippen molar-refractivity contribution in [1.82, 2.24) is 4.98 Å². The van der Waals surface area contributed by atoms with Crippen molar-refractivity contribution in [2.75, 3.05) is 23.3 Å². The van der Waals surface area contributed by atoms with Gasteiger partial charge < -0.3 is 21.1 Å². The van der Waals surface area contributed by atoms with E-state index >= 15 is 0 Å². The molecule has 1 atom stereocenters. The van der Waals surface area contributed by atoms with Crippen LogP contribution in [-0.4, -0.2) is 41.5 Å². The number of carbonyl (C=O) groups excluding carboxylic acids is 2. The van der Waals surface area contributed by atoms with Gasteiger partial charge in [0.05, 0.1) is 16.8 Å². The normalized spacial score (nSPS) is 17.2. The van der Waals surface area contributed by atoms with E-state index in [2.05, 4.69) is 15.2 Å². The lowest BCUT2D eigenvalue weighted by atomic mass is 9.82. The van der Waals surface area contributed by atoms with Gasteiger partial charge in [0.1, 0.15) is 0 Å². The summed E-state index contributed by atoms with van der Waals surface area (Å²) in [4.78, 5) is 39.8. The number of primary amides is 1. The molecule has 0 bridgehead atoms. The molecule has 5 rings (SSSR count). The van der Waals surface area contributed by atoms with Crippen LogP contribution < -0.4 is 16.0 Å². The zero-order valence-electron chi connectivity index (χ0n) is 17.5. The molecule has 3 aromatic rings. The molecule has 4 N–H and O–H groups in total. The third-order valence-corrected chi connectivity index (χ3v) is 5.97. The molecule has 2 aromatic carbocycles. The van der Waals surface area contributed by atoms with Gasteiger partial charge in [0.2, 0.25) is 5.91 Å². The summed E-state index contributed by atoms with van der Waals surface area (Å²) in [6, 6.07) is 13.7. The fourth-order valence-corrected chi connectivity index (χ4v) is 4.62. The molecule has 2 aliphatic heterocycles. The molecule has 1 saturated heterocycles. The second-order valence-corrected chi connectivity index (χ2v) is 7.84. The van der Waals surface area contributed by atoms with Gasteiger partial charge in [-0.2, -0.15) is 0 Å². The molecule has 8 heteroatoms. The molecule has 1 unspecified atom stereocenters. The van der Waals surface area contributed by atoms with Crippen molar-refractivity contribution in [2.45, 2.75) is 25.2 Å². The van der Waals surface area contributed by atoms with Gasteiger partial charge >= 0.3 is 0 Å². The van der Waals surface area contributed by atoms with Crippen LogP contribution in [0.15, 0.2) is 48.7 Å². The molecule has 3 heterocycles. The number of rotatable bonds is 3. The van der Waals surface area contributed by atoms with Crippen molar-refractivity contribution >= 4 is 40.6 Å². The van der Waals surface area contributed by atoms with E-state index in [0.29, 0.717) is 12.0 Å². The average Bonchev–Trinajstić information content (AvgIpc) is 3.32. The van der Waals surface area contributed by atoms with Crippen LogP contribution in [0.4, 0.5) is 11.4 Å². The molecular formula is C24H24N4O4. The molecule has 2 amide bonds. The van der Waals surface area contributed by atoms with Crippen molar-refractivity contribution < 1.29 is 19.5 Å². The van der Waals surface area contributed by atoms with Gasteiger partial charge in [-0.25, -0.2) is 0 Å². The summed E-state index contributed by atoms with van der Waals surface area (Å²) in [6.07, 6.45) is 4.27. The number of carbonyl (C=O) groups is 3. The lowest BCUT2D eigenvalue weighted by Gasteiger charge is -2.30. The summed E-state index contributed by atoms with van der Waals surface area (Å²) in [5.74, 6) is -0.620. The van der Waals surface area contributed by atoms with Gasteiger partial charge in [-0.15, -0.1) is 0 Å². The molecule has 1 aromatic heterocycles. The van der Waals surface area contributed by atoms with E-state index < -0.39 is 5.91 Å². The molecule has 0 aliphatic carbocycles. The van der Waals surface area contributed by atoms with Crippen LogP contribution in [0.1, 0.15) is 46.7 Å². The van der Waals surface area contributed by atoms with E-state index in [-0.39, 0.29) is 18.3 Å². The van der Waals surface area contributed by atoms with Crippen molar-refractivity contribution in [2.24, 2.45) is 5.73 Å². The Balaban J connectivity index is 0.000000775. The summed E-state index contributed by atoms with van der Waals surface area (Å²) in [5.41, 5.74) is 10.7. The number of benzene rings is 2. The Hall–Kier alpha value is -3.94. The highest BCUT2D eigenvalue weighted by Crippen LogP contribution is 2.42. The Bertz CT molecular complexity index is 1180. The second kappa shape index (κ2) is 9.05. The van der Waals surface area contributed by atoms with E-state index in [1.54, 1.807) is 6.20 Å². The van der Waals surface area contributed by atoms with Crippen LogP contribution in [0, 0.1) is 0 Å². The van der Waals surface area contributed by atoms with Crippen LogP contribution in [0.3, 0.4) is 0 Å². The van der Waals surface area contributed by atoms with Gasteiger partial charge in [0, 0.05) is 42.7 Å². The first-order chi connectivity index (χ1) is 15.5. The molecule has 0 saturated carbocycles. The topological polar surface area (TPSA) is 126 Å². The summed E-state index contributed by atoms with van der Waals surface area (Å²) in [7, 11) is 0. The number of fused-ring (bicyclic) bond motifs is 2. The number of hydrogen-bond donors (Lipinski definition) is 3. The van der Waals surface area contributed by atoms with Gasteiger partial charge in [-0.05, 0) is 48.2 Å². The maximum atomic E-state index is 12.6. The number of carboxylic acid groups (broad SMARTS) is 1. The van der Waals surface area contributed by atoms with Crippen LogP contribution >= 0.6 is 0 Å². The maximum absolute atomic E-state index is 12.6. The monoisotopic (exact) mass is 432 g/mol. The number of amides is 2. The number of nitrogens with two attached hydrogens (primary N) is 1. The highest BCUT2D eigenvalue weighted by Gasteiger charge is 2.31. The van der Waals surface area contributed by atoms with Crippen molar-refractivity contribution in [1.29, 1.82) is 0 Å². The smallest absolute Gasteiger partial charge is 0.290 e. The van der Waals surface area contributed by atoms with Crippen LogP contribution in [0.25, 0.3) is 10.9 Å². The minimum Gasteiger partial charge on any atom is -0.483 e. The Morgan fingerprint density at radius 3 is 2.62 bits per heavy atom. The third-order valence-electron chi connectivity index (χ3n) is 5.97. The molecule has 164 valence electrons. The van der Waals surface area contributed by atoms with Crippen LogP contribution in [-0.2, 0) is 9.59 Å². The number of nitrogens with zero attached hydrogens (tertiary/aromatic N) is 2. The van der Waals surface area contributed by atoms with E-state index in [1.165, 1.54) is 0 Å². The average molecular weight is 432 g/mol. The van der Waals surface area contributed by atoms with Gasteiger partial charge in [0.15, 0.2) is 0 Å². The first-order valence-electron chi connectivity index (χ1n) is 10.5. The number of aromatic nitrogens is 1. The largest absolute Gasteiger partial charge is 0.483 e. The first kappa shape index (κ1) is 21.3. The maximum Gasteiger partial charge on any atom is 0.290 e. The minimum atomic E-state index is -0.440. The zero-order valence-corrected chi connectivity index (χ0v) is 17.5. The van der Waals surface area contributed by atoms with E-state index in [9.17, 15) is 9.59 Å². The highest BCUT2D eigenvalue weighted by molar-refractivity contribution is 6.03. The molecule has 0 radical (unpaired) electrons. The fourth-order valence-electron chi connectivity index (χ4n) is 4.62. The number of anilines is 2. The molecular weight excluding hydrogens is 408 g/mol. The summed E-state index contributed by atoms with van der Waals surface area (Å²) in [5, 5.41) is 10.9. The SMILES string of the molecule is NC(=O)c1cc2c(cc1N1CCCC1)NC(=O)CC2c1cccc2ncccc12.O=CO. The Labute approximate surface area is 185 Å². The molecule has 1 fully saturated rings. The lowest BCUT2D eigenvalue weighted by Crippen LogP contribution is -2.27. The molecule has 8 nitrogen and oxygen atoms in total. The number of hydrogen-bond acceptors (Lipinski definition) is 5. The summed E-state index contributed by atoms with van der Waals surface area (Å²) < 4.78 is 0. The highest BCUT2D eigenvalue weighted by atomic mass is 16.3. The minimum absolute atomic E-state index is 0.0254. The van der Waals surface area contributed by atoms with Crippen LogP contribution in [0.2, 0.25) is 0 Å². The van der Waals surface area contributed by atoms with Gasteiger partial charge in [-0.1, -0.05) is 18.2 Å². The zero-order chi connectivity index (χ0) is 22.7. The predicted molar refractivity (Wildman–Crippen MR) is 122 cm³/mol. The van der Waals surface area contributed by atoms with Crippen molar-refractivity contribution in [3.8, 4) is 0 Å². The molecule has 32 heavy (non-hydrogen) atoms. The van der Waals surface area contributed by atoms with Gasteiger partial charge in [0.25, 0.3) is 12.4 Å². The van der Waals surface area contributed by atoms with E-state index in [1.807, 2.05) is 42.5 Å². The first-order valence-corrected chi connectivity index (χ1v) is 10.5. The van der Waals surface area contributed by atoms with Crippen LogP contribution in [0.5, 0.6) is 0 Å². The number of nitrogens with one attached hydrogen (secondary N) is 1. The second-order valence-electron chi connectivity index (χ2n) is 7.84. The number of pyridine rings is 1. The third kappa shape index (κ3) is 3.99. The summed E-state index contributed by atoms with van der Waals surface area (Å²) >= 11 is 0. The Morgan fingerprint density at radius 2 is 1.91 bits per heavy atom. The Kier molecular flexibility index (Phi) is 6.02. The quantitative estimate of drug-likeness (QED) is 0.546. The molecule has 2 aliphatic rings. The van der Waals surface area contributed by atoms with Crippen molar-refractivity contribution in [3.63, 3.8) is 0 Å². The summed E-state index contributed by atoms with van der Waals surface area (Å²) in [6.45, 7) is 1.54. The Morgan fingerprint density at radius 1 is 1.16 bits per heavy atom. The fraction of sp³-hybridized carbons (Fsp3) is 0.250.